The molecule has 2 aromatic rings. The number of anilines is 1. The molecule has 7 nitrogen and oxygen atoms in total. The molecule has 1 amide bonds. The van der Waals surface area contributed by atoms with Crippen LogP contribution in [0.4, 0.5) is 6.01 Å². The number of nitrogens with zero attached hydrogens (tertiary/aromatic N) is 4. The van der Waals surface area contributed by atoms with E-state index in [9.17, 15) is 4.79 Å². The molecule has 2 aliphatic rings. The molecule has 1 N–H and O–H groups in total. The Hall–Kier alpha value is -2.31. The number of H-pyrrole nitrogens is 1. The fourth-order valence-electron chi connectivity index (χ4n) is 3.84. The minimum atomic E-state index is 0.115. The third-order valence-corrected chi connectivity index (χ3v) is 5.41. The first kappa shape index (κ1) is 15.2. The Morgan fingerprint density at radius 2 is 2.08 bits per heavy atom. The molecule has 24 heavy (non-hydrogen) atoms. The number of hydrogen-bond donors (Lipinski definition) is 1. The highest BCUT2D eigenvalue weighted by atomic mass is 16.4. The van der Waals surface area contributed by atoms with E-state index in [0.717, 1.165) is 51.9 Å². The quantitative estimate of drug-likeness (QED) is 0.933. The number of aromatic amines is 1. The molecule has 1 spiro atoms. The second-order valence-electron chi connectivity index (χ2n) is 6.88. The molecule has 128 valence electrons. The van der Waals surface area contributed by atoms with Crippen molar-refractivity contribution in [3.63, 3.8) is 0 Å². The van der Waals surface area contributed by atoms with Gasteiger partial charge in [0.25, 0.3) is 5.91 Å². The Morgan fingerprint density at radius 3 is 2.75 bits per heavy atom. The molecule has 0 bridgehead atoms. The third-order valence-electron chi connectivity index (χ3n) is 5.41. The van der Waals surface area contributed by atoms with Crippen LogP contribution < -0.4 is 4.90 Å². The van der Waals surface area contributed by atoms with E-state index in [0.29, 0.717) is 17.6 Å². The summed E-state index contributed by atoms with van der Waals surface area (Å²) >= 11 is 0. The highest BCUT2D eigenvalue weighted by Gasteiger charge is 2.42. The van der Waals surface area contributed by atoms with Crippen LogP contribution in [0.2, 0.25) is 0 Å². The Morgan fingerprint density at radius 1 is 1.29 bits per heavy atom. The van der Waals surface area contributed by atoms with E-state index in [1.165, 1.54) is 0 Å². The van der Waals surface area contributed by atoms with E-state index < -0.39 is 0 Å². The van der Waals surface area contributed by atoms with Gasteiger partial charge in [-0.1, -0.05) is 12.0 Å². The number of aromatic nitrogens is 3. The number of amides is 1. The summed E-state index contributed by atoms with van der Waals surface area (Å²) < 4.78 is 5.67. The second kappa shape index (κ2) is 5.96. The molecule has 0 atom stereocenters. The van der Waals surface area contributed by atoms with Crippen LogP contribution in [0.25, 0.3) is 0 Å². The van der Waals surface area contributed by atoms with Gasteiger partial charge in [0.05, 0.1) is 0 Å². The first-order valence-electron chi connectivity index (χ1n) is 8.69. The van der Waals surface area contributed by atoms with E-state index in [1.54, 1.807) is 6.20 Å². The van der Waals surface area contributed by atoms with Gasteiger partial charge in [0, 0.05) is 38.8 Å². The fourth-order valence-corrected chi connectivity index (χ4v) is 3.84. The van der Waals surface area contributed by atoms with Crippen LogP contribution in [0, 0.1) is 5.41 Å². The predicted molar refractivity (Wildman–Crippen MR) is 88.9 cm³/mol. The van der Waals surface area contributed by atoms with Crippen LogP contribution in [0.5, 0.6) is 0 Å². The fraction of sp³-hybridized carbons (Fsp3) is 0.588. The number of carbonyl (C=O) groups excluding carboxylic acids is 1. The van der Waals surface area contributed by atoms with Gasteiger partial charge in [-0.2, -0.15) is 0 Å². The zero-order valence-corrected chi connectivity index (χ0v) is 14.0. The number of carbonyl (C=O) groups is 1. The van der Waals surface area contributed by atoms with Crippen molar-refractivity contribution in [2.75, 3.05) is 31.1 Å². The number of aryl methyl sites for hydroxylation is 1. The largest absolute Gasteiger partial charge is 0.408 e. The van der Waals surface area contributed by atoms with Gasteiger partial charge < -0.3 is 19.2 Å². The predicted octanol–water partition coefficient (Wildman–Crippen LogP) is 2.09. The Kier molecular flexibility index (Phi) is 3.78. The van der Waals surface area contributed by atoms with Crippen molar-refractivity contribution in [3.8, 4) is 0 Å². The lowest BCUT2D eigenvalue weighted by Gasteiger charge is -2.38. The Balaban J connectivity index is 1.38. The summed E-state index contributed by atoms with van der Waals surface area (Å²) in [6, 6.07) is 4.35. The lowest BCUT2D eigenvalue weighted by molar-refractivity contribution is 0.0759. The highest BCUT2D eigenvalue weighted by Crippen LogP contribution is 2.41. The maximum Gasteiger partial charge on any atom is 0.318 e. The van der Waals surface area contributed by atoms with Crippen LogP contribution in [0.3, 0.4) is 0 Å². The van der Waals surface area contributed by atoms with Crippen molar-refractivity contribution in [1.82, 2.24) is 20.1 Å². The summed E-state index contributed by atoms with van der Waals surface area (Å²) in [5.41, 5.74) is 0.925. The summed E-state index contributed by atoms with van der Waals surface area (Å²) in [7, 11) is 0. The van der Waals surface area contributed by atoms with Crippen molar-refractivity contribution in [2.24, 2.45) is 5.41 Å². The third kappa shape index (κ3) is 2.68. The van der Waals surface area contributed by atoms with E-state index in [4.69, 9.17) is 4.42 Å². The van der Waals surface area contributed by atoms with Crippen LogP contribution >= 0.6 is 0 Å². The summed E-state index contributed by atoms with van der Waals surface area (Å²) in [4.78, 5) is 19.7. The molecule has 2 fully saturated rings. The van der Waals surface area contributed by atoms with Gasteiger partial charge in [0.15, 0.2) is 0 Å². The molecule has 0 radical (unpaired) electrons. The topological polar surface area (TPSA) is 78.3 Å². The van der Waals surface area contributed by atoms with Gasteiger partial charge in [-0.25, -0.2) is 0 Å². The monoisotopic (exact) mass is 329 g/mol. The number of hydrogen-bond acceptors (Lipinski definition) is 5. The molecule has 0 saturated carbocycles. The summed E-state index contributed by atoms with van der Waals surface area (Å²) in [6.45, 7) is 5.53. The van der Waals surface area contributed by atoms with Crippen LogP contribution in [0.1, 0.15) is 42.6 Å². The van der Waals surface area contributed by atoms with Crippen molar-refractivity contribution in [1.29, 1.82) is 0 Å². The highest BCUT2D eigenvalue weighted by molar-refractivity contribution is 5.92. The van der Waals surface area contributed by atoms with Crippen LogP contribution in [-0.4, -0.2) is 52.2 Å². The van der Waals surface area contributed by atoms with Gasteiger partial charge in [-0.15, -0.1) is 5.10 Å². The van der Waals surface area contributed by atoms with E-state index in [-0.39, 0.29) is 11.3 Å². The molecule has 7 heteroatoms. The Bertz CT molecular complexity index is 700. The standard InChI is InChI=1S/C17H23N5O2/c1-2-14-19-20-16(24-14)21-9-5-17(6-10-21)7-11-22(12-17)15(23)13-4-3-8-18-13/h3-4,8,18H,2,5-7,9-12H2,1H3. The van der Waals surface area contributed by atoms with E-state index >= 15 is 0 Å². The molecule has 0 aromatic carbocycles. The molecule has 2 aromatic heterocycles. The summed E-state index contributed by atoms with van der Waals surface area (Å²) in [5.74, 6) is 0.803. The van der Waals surface area contributed by atoms with Gasteiger partial charge >= 0.3 is 6.01 Å². The summed E-state index contributed by atoms with van der Waals surface area (Å²) in [6.07, 6.45) is 5.77. The number of piperidine rings is 1. The molecule has 2 aliphatic heterocycles. The number of likely N-dealkylation sites (tertiary alicyclic amines) is 1. The maximum absolute atomic E-state index is 12.5. The number of rotatable bonds is 3. The molecule has 4 heterocycles. The van der Waals surface area contributed by atoms with Gasteiger partial charge in [0.1, 0.15) is 5.69 Å². The van der Waals surface area contributed by atoms with Gasteiger partial charge in [-0.05, 0) is 36.8 Å². The molecule has 2 saturated heterocycles. The smallest absolute Gasteiger partial charge is 0.318 e. The zero-order valence-electron chi connectivity index (χ0n) is 14.0. The van der Waals surface area contributed by atoms with Crippen molar-refractivity contribution in [3.05, 3.63) is 29.9 Å². The van der Waals surface area contributed by atoms with Gasteiger partial charge in [-0.3, -0.25) is 4.79 Å². The lowest BCUT2D eigenvalue weighted by Crippen LogP contribution is -2.42. The lowest BCUT2D eigenvalue weighted by atomic mass is 9.78. The second-order valence-corrected chi connectivity index (χ2v) is 6.88. The van der Waals surface area contributed by atoms with Crippen molar-refractivity contribution in [2.45, 2.75) is 32.6 Å². The number of nitrogens with one attached hydrogen (secondary N) is 1. The van der Waals surface area contributed by atoms with Crippen molar-refractivity contribution >= 4 is 11.9 Å². The molecular formula is C17H23N5O2. The normalized spacial score (nSPS) is 20.0. The van der Waals surface area contributed by atoms with Gasteiger partial charge in [0.2, 0.25) is 5.89 Å². The first-order valence-corrected chi connectivity index (χ1v) is 8.69. The minimum Gasteiger partial charge on any atom is -0.408 e. The zero-order chi connectivity index (χ0) is 16.6. The average molecular weight is 329 g/mol. The van der Waals surface area contributed by atoms with Crippen LogP contribution in [-0.2, 0) is 6.42 Å². The molecule has 0 aliphatic carbocycles. The van der Waals surface area contributed by atoms with E-state index in [2.05, 4.69) is 20.1 Å². The molecule has 0 unspecified atom stereocenters. The SMILES string of the molecule is CCc1nnc(N2CCC3(CCN(C(=O)c4ccc[nH]4)C3)CC2)o1. The maximum atomic E-state index is 12.5. The minimum absolute atomic E-state index is 0.115. The first-order chi connectivity index (χ1) is 11.7. The average Bonchev–Trinajstić information content (AvgIpc) is 3.36. The molecule has 4 rings (SSSR count). The Labute approximate surface area is 141 Å². The molecular weight excluding hydrogens is 306 g/mol. The van der Waals surface area contributed by atoms with Crippen LogP contribution in [0.15, 0.2) is 22.7 Å². The van der Waals surface area contributed by atoms with Crippen molar-refractivity contribution < 1.29 is 9.21 Å². The summed E-state index contributed by atoms with van der Waals surface area (Å²) in [5, 5.41) is 8.19. The van der Waals surface area contributed by atoms with E-state index in [1.807, 2.05) is 24.0 Å².